The van der Waals surface area contributed by atoms with E-state index in [4.69, 9.17) is 14.7 Å². The summed E-state index contributed by atoms with van der Waals surface area (Å²) in [5, 5.41) is 0. The Morgan fingerprint density at radius 1 is 1.28 bits per heavy atom. The molecule has 0 spiro atoms. The molecule has 32 heavy (non-hydrogen) atoms. The molecule has 7 heteroatoms. The van der Waals surface area contributed by atoms with Crippen LogP contribution in [0.2, 0.25) is 0 Å². The lowest BCUT2D eigenvalue weighted by Gasteiger charge is -2.27. The lowest BCUT2D eigenvalue weighted by Crippen LogP contribution is -2.37. The molecule has 0 bridgehead atoms. The van der Waals surface area contributed by atoms with Crippen molar-refractivity contribution in [1.29, 1.82) is 0 Å². The van der Waals surface area contributed by atoms with Crippen molar-refractivity contribution in [2.24, 2.45) is 5.92 Å². The first-order valence-corrected chi connectivity index (χ1v) is 11.8. The van der Waals surface area contributed by atoms with Gasteiger partial charge in [0.2, 0.25) is 0 Å². The van der Waals surface area contributed by atoms with Crippen LogP contribution in [0.5, 0.6) is 5.75 Å². The number of aryl methyl sites for hydroxylation is 1. The minimum Gasteiger partial charge on any atom is -0.489 e. The highest BCUT2D eigenvalue weighted by atomic mass is 16.5. The molecule has 0 amide bonds. The SMILES string of the molecule is CC(C)CC(=O)[C@@H](C)N(C)c1nc(-c2cc(O[C@@H]3CCN(C)C3)ccn2)nc2c1CCC2. The second-order valence-electron chi connectivity index (χ2n) is 9.67. The van der Waals surface area contributed by atoms with E-state index in [9.17, 15) is 4.79 Å². The third kappa shape index (κ3) is 4.93. The molecule has 0 aromatic carbocycles. The topological polar surface area (TPSA) is 71.5 Å². The quantitative estimate of drug-likeness (QED) is 0.625. The van der Waals surface area contributed by atoms with E-state index in [1.165, 1.54) is 5.56 Å². The van der Waals surface area contributed by atoms with Crippen molar-refractivity contribution in [1.82, 2.24) is 19.9 Å². The number of ketones is 1. The lowest BCUT2D eigenvalue weighted by atomic mass is 10.0. The van der Waals surface area contributed by atoms with E-state index in [1.54, 1.807) is 6.20 Å². The number of ether oxygens (including phenoxy) is 1. The van der Waals surface area contributed by atoms with Gasteiger partial charge in [-0.15, -0.1) is 0 Å². The standard InChI is InChI=1S/C25H35N5O2/c1-16(2)13-23(31)17(3)30(5)25-20-7-6-8-21(20)27-24(28-25)22-14-18(9-11-26-22)32-19-10-12-29(4)15-19/h9,11,14,16-17,19H,6-8,10,12-13,15H2,1-5H3/t17-,19-/m1/s1. The van der Waals surface area contributed by atoms with Crippen molar-refractivity contribution in [2.45, 2.75) is 65.0 Å². The van der Waals surface area contributed by atoms with Gasteiger partial charge in [0.05, 0.1) is 6.04 Å². The number of hydrogen-bond donors (Lipinski definition) is 0. The first-order valence-electron chi connectivity index (χ1n) is 11.8. The van der Waals surface area contributed by atoms with E-state index in [0.717, 1.165) is 56.0 Å². The van der Waals surface area contributed by atoms with E-state index in [1.807, 2.05) is 31.0 Å². The Bertz CT molecular complexity index is 977. The zero-order valence-electron chi connectivity index (χ0n) is 20.0. The van der Waals surface area contributed by atoms with Crippen LogP contribution in [-0.2, 0) is 17.6 Å². The molecule has 1 fully saturated rings. The summed E-state index contributed by atoms with van der Waals surface area (Å²) >= 11 is 0. The fourth-order valence-electron chi connectivity index (χ4n) is 4.58. The highest BCUT2D eigenvalue weighted by molar-refractivity contribution is 5.87. The molecule has 2 atom stereocenters. The molecular weight excluding hydrogens is 402 g/mol. The molecular formula is C25H35N5O2. The van der Waals surface area contributed by atoms with Gasteiger partial charge in [-0.1, -0.05) is 13.8 Å². The van der Waals surface area contributed by atoms with Gasteiger partial charge >= 0.3 is 0 Å². The Balaban J connectivity index is 1.62. The van der Waals surface area contributed by atoms with Crippen molar-refractivity contribution in [3.63, 3.8) is 0 Å². The van der Waals surface area contributed by atoms with Crippen LogP contribution in [0.3, 0.4) is 0 Å². The summed E-state index contributed by atoms with van der Waals surface area (Å²) in [4.78, 5) is 31.4. The highest BCUT2D eigenvalue weighted by Gasteiger charge is 2.27. The van der Waals surface area contributed by atoms with Crippen LogP contribution in [-0.4, -0.2) is 65.0 Å². The molecule has 2 aromatic rings. The number of aromatic nitrogens is 3. The average Bonchev–Trinajstić information content (AvgIpc) is 3.40. The second-order valence-corrected chi connectivity index (χ2v) is 9.67. The normalized spacial score (nSPS) is 19.2. The van der Waals surface area contributed by atoms with Crippen LogP contribution >= 0.6 is 0 Å². The van der Waals surface area contributed by atoms with E-state index < -0.39 is 0 Å². The monoisotopic (exact) mass is 437 g/mol. The molecule has 4 rings (SSSR count). The van der Waals surface area contributed by atoms with Gasteiger partial charge in [-0.2, -0.15) is 0 Å². The Hall–Kier alpha value is -2.54. The molecule has 172 valence electrons. The maximum Gasteiger partial charge on any atom is 0.180 e. The molecule has 1 saturated heterocycles. The zero-order chi connectivity index (χ0) is 22.8. The fraction of sp³-hybridized carbons (Fsp3) is 0.600. The van der Waals surface area contributed by atoms with Gasteiger partial charge < -0.3 is 14.5 Å². The molecule has 0 N–H and O–H groups in total. The summed E-state index contributed by atoms with van der Waals surface area (Å²) in [6, 6.07) is 3.60. The first kappa shape index (κ1) is 22.6. The number of carbonyl (C=O) groups excluding carboxylic acids is 1. The summed E-state index contributed by atoms with van der Waals surface area (Å²) in [5.41, 5.74) is 2.95. The van der Waals surface area contributed by atoms with Crippen molar-refractivity contribution in [2.75, 3.05) is 32.1 Å². The maximum atomic E-state index is 12.7. The van der Waals surface area contributed by atoms with Gasteiger partial charge in [0.25, 0.3) is 0 Å². The number of fused-ring (bicyclic) bond motifs is 1. The number of Topliss-reactive ketones (excluding diaryl/α,β-unsaturated/α-hetero) is 1. The van der Waals surface area contributed by atoms with Crippen LogP contribution < -0.4 is 9.64 Å². The molecule has 0 unspecified atom stereocenters. The van der Waals surface area contributed by atoms with Gasteiger partial charge in [-0.3, -0.25) is 9.78 Å². The summed E-state index contributed by atoms with van der Waals surface area (Å²) in [6.45, 7) is 8.12. The Kier molecular flexibility index (Phi) is 6.74. The largest absolute Gasteiger partial charge is 0.489 e. The minimum absolute atomic E-state index is 0.200. The molecule has 1 aliphatic heterocycles. The van der Waals surface area contributed by atoms with Crippen LogP contribution in [0.15, 0.2) is 18.3 Å². The first-order chi connectivity index (χ1) is 15.3. The number of likely N-dealkylation sites (tertiary alicyclic amines) is 1. The van der Waals surface area contributed by atoms with Crippen LogP contribution in [0.25, 0.3) is 11.5 Å². The average molecular weight is 438 g/mol. The maximum absolute atomic E-state index is 12.7. The van der Waals surface area contributed by atoms with Gasteiger partial charge in [0.1, 0.15) is 23.4 Å². The lowest BCUT2D eigenvalue weighted by molar-refractivity contribution is -0.120. The molecule has 2 aromatic heterocycles. The third-order valence-corrected chi connectivity index (χ3v) is 6.51. The summed E-state index contributed by atoms with van der Waals surface area (Å²) in [5.74, 6) is 2.85. The van der Waals surface area contributed by atoms with E-state index >= 15 is 0 Å². The zero-order valence-corrected chi connectivity index (χ0v) is 20.0. The number of likely N-dealkylation sites (N-methyl/N-ethyl adjacent to an activating group) is 2. The predicted octanol–water partition coefficient (Wildman–Crippen LogP) is 3.55. The molecule has 1 aliphatic carbocycles. The Morgan fingerprint density at radius 3 is 2.81 bits per heavy atom. The van der Waals surface area contributed by atoms with Gasteiger partial charge in [-0.05, 0) is 51.6 Å². The fourth-order valence-corrected chi connectivity index (χ4v) is 4.58. The number of anilines is 1. The number of nitrogens with zero attached hydrogens (tertiary/aromatic N) is 5. The number of hydrogen-bond acceptors (Lipinski definition) is 7. The van der Waals surface area contributed by atoms with E-state index in [-0.39, 0.29) is 17.9 Å². The Labute approximate surface area is 191 Å². The van der Waals surface area contributed by atoms with Crippen LogP contribution in [0.1, 0.15) is 51.3 Å². The smallest absolute Gasteiger partial charge is 0.180 e. The molecule has 3 heterocycles. The molecule has 7 nitrogen and oxygen atoms in total. The highest BCUT2D eigenvalue weighted by Crippen LogP contribution is 2.32. The van der Waals surface area contributed by atoms with Crippen molar-refractivity contribution >= 4 is 11.6 Å². The van der Waals surface area contributed by atoms with Gasteiger partial charge in [0, 0.05) is 50.1 Å². The van der Waals surface area contributed by atoms with E-state index in [2.05, 4.69) is 30.8 Å². The minimum atomic E-state index is -0.230. The molecule has 2 aliphatic rings. The van der Waals surface area contributed by atoms with Gasteiger partial charge in [0.15, 0.2) is 11.6 Å². The molecule has 0 radical (unpaired) electrons. The van der Waals surface area contributed by atoms with Crippen LogP contribution in [0.4, 0.5) is 5.82 Å². The second kappa shape index (κ2) is 9.53. The van der Waals surface area contributed by atoms with Crippen molar-refractivity contribution < 1.29 is 9.53 Å². The van der Waals surface area contributed by atoms with Crippen molar-refractivity contribution in [3.8, 4) is 17.3 Å². The summed E-state index contributed by atoms with van der Waals surface area (Å²) in [6.07, 6.45) is 6.51. The summed E-state index contributed by atoms with van der Waals surface area (Å²) < 4.78 is 6.19. The third-order valence-electron chi connectivity index (χ3n) is 6.51. The number of carbonyl (C=O) groups is 1. The Morgan fingerprint density at radius 2 is 2.09 bits per heavy atom. The number of rotatable bonds is 8. The number of pyridine rings is 1. The van der Waals surface area contributed by atoms with Crippen molar-refractivity contribution in [3.05, 3.63) is 29.6 Å². The van der Waals surface area contributed by atoms with Gasteiger partial charge in [-0.25, -0.2) is 9.97 Å². The van der Waals surface area contributed by atoms with Crippen LogP contribution in [0, 0.1) is 5.92 Å². The predicted molar refractivity (Wildman–Crippen MR) is 126 cm³/mol. The van der Waals surface area contributed by atoms with E-state index in [0.29, 0.717) is 23.9 Å². The summed E-state index contributed by atoms with van der Waals surface area (Å²) in [7, 11) is 4.09. The molecule has 0 saturated carbocycles.